The van der Waals surface area contributed by atoms with Crippen LogP contribution in [0.3, 0.4) is 0 Å². The number of esters is 2. The number of carbonyl (C=O) groups is 4. The minimum absolute atomic E-state index is 0.0700. The van der Waals surface area contributed by atoms with Crippen LogP contribution in [0.5, 0.6) is 0 Å². The van der Waals surface area contributed by atoms with Gasteiger partial charge in [-0.3, -0.25) is 19.2 Å². The number of nitrogens with one attached hydrogen (secondary N) is 4. The van der Waals surface area contributed by atoms with Gasteiger partial charge >= 0.3 is 23.9 Å². The maximum Gasteiger partial charge on any atom is 0.306 e. The van der Waals surface area contributed by atoms with Gasteiger partial charge < -0.3 is 178 Å². The third-order valence-electron chi connectivity index (χ3n) is 29.6. The number of aryl methyl sites for hydroxylation is 6. The van der Waals surface area contributed by atoms with E-state index in [1.165, 1.54) is 0 Å². The number of carboxylic acid groups (broad SMARTS) is 2. The van der Waals surface area contributed by atoms with Gasteiger partial charge in [0.2, 0.25) is 0 Å². The monoisotopic (exact) mass is 2060 g/mol. The molecule has 796 valence electrons. The lowest BCUT2D eigenvalue weighted by Gasteiger charge is -2.50. The smallest absolute Gasteiger partial charge is 0.306 e. The Morgan fingerprint density at radius 1 is 0.297 bits per heavy atom. The number of aromatic amines is 4. The maximum absolute atomic E-state index is 14.7. The first-order valence-electron chi connectivity index (χ1n) is 48.7. The van der Waals surface area contributed by atoms with Crippen molar-refractivity contribution >= 4 is 125 Å². The Balaban J connectivity index is 0.651. The molecule has 28 bridgehead atoms. The lowest BCUT2D eigenvalue weighted by Crippen LogP contribution is -2.69. The molecule has 22 N–H and O–H groups in total. The van der Waals surface area contributed by atoms with E-state index in [1.807, 2.05) is 84.9 Å². The summed E-state index contributed by atoms with van der Waals surface area (Å²) >= 11 is 0. The summed E-state index contributed by atoms with van der Waals surface area (Å²) in [5.74, 6) is -4.01. The Bertz CT molecular complexity index is 6620. The van der Waals surface area contributed by atoms with E-state index in [2.05, 4.69) is 46.3 Å². The van der Waals surface area contributed by atoms with Gasteiger partial charge in [-0.25, -0.2) is 19.9 Å². The summed E-state index contributed by atoms with van der Waals surface area (Å²) in [7, 11) is 0. The number of aliphatic hydroxyl groups excluding tert-OH is 16. The van der Waals surface area contributed by atoms with E-state index >= 15 is 0 Å². The van der Waals surface area contributed by atoms with Crippen molar-refractivity contribution in [1.82, 2.24) is 39.9 Å². The third kappa shape index (κ3) is 21.1. The second-order valence-electron chi connectivity index (χ2n) is 38.5. The average molecular weight is 2060 g/mol. The van der Waals surface area contributed by atoms with Crippen LogP contribution in [-0.4, -0.2) is 380 Å². The molecule has 0 saturated carbocycles. The van der Waals surface area contributed by atoms with E-state index in [-0.39, 0.29) is 38.5 Å². The molecule has 22 fully saturated rings. The number of carboxylic acids is 2. The van der Waals surface area contributed by atoms with Crippen molar-refractivity contribution in [3.63, 3.8) is 0 Å². The molecular weight excluding hydrogens is 1940 g/mol. The van der Waals surface area contributed by atoms with Gasteiger partial charge in [0.1, 0.15) is 160 Å². The number of hydrogen-bond acceptors (Lipinski definition) is 38. The molecule has 26 aliphatic heterocycles. The van der Waals surface area contributed by atoms with Crippen LogP contribution in [0.1, 0.15) is 156 Å². The standard InChI is InChI=1S/C104H124N8O36/c1-13-47-39(5)55-25-57-43(9)51(17-21-77(117)118)67(109-57)31-70-54(46(12)62(112-70)30-66-50(16-4)42(8)60(108-66)28-63(47)105-55)20-24-80(122)136-38-76-98-86(128)92(134)104(142-76)146-96-74(36-116)138-100(88(130)82(96)124)143-93-71(33-113)139-101(89(131)83(93)125)147-97-75(141-103(91(133)85(97)127)145-95-73(35-115)137-99(87(129)81(95)123)144-94-72(34-114)140-102(148-98)90(132)84(94)126)37-135-79(121)23-19-53-45(11)58-26-56-40(6)48(14-2)64(106-56)27-59-41(7)49(15-3)65(107-59)29-61-44(10)52(18-22-78(119)120)68(111-61)32-69(53)110-58/h13-16,25-32,71-76,81-104,106-107,109,112-116,123-134H,1-4,17-24,33-38H2,5-12H3,(H,117,118)(H,119,120). The molecule has 30 atom stereocenters. The summed E-state index contributed by atoms with van der Waals surface area (Å²) in [6.45, 7) is 24.9. The fraction of sp³-hybridized carbons (Fsp3) is 0.500. The van der Waals surface area contributed by atoms with Crippen molar-refractivity contribution in [2.45, 2.75) is 291 Å². The molecule has 26 aliphatic rings. The predicted molar refractivity (Wildman–Crippen MR) is 525 cm³/mol. The van der Waals surface area contributed by atoms with E-state index in [1.54, 1.807) is 43.4 Å². The molecule has 0 aromatic carbocycles. The summed E-state index contributed by atoms with van der Waals surface area (Å²) in [4.78, 5) is 88.0. The van der Waals surface area contributed by atoms with Crippen molar-refractivity contribution in [2.75, 3.05) is 39.6 Å². The number of aromatic nitrogens is 8. The van der Waals surface area contributed by atoms with Crippen LogP contribution in [0.15, 0.2) is 87.0 Å². The van der Waals surface area contributed by atoms with Crippen molar-refractivity contribution < 1.29 is 177 Å². The lowest BCUT2D eigenvalue weighted by atomic mass is 9.94. The van der Waals surface area contributed by atoms with E-state index in [0.717, 1.165) is 50.1 Å². The highest BCUT2D eigenvalue weighted by Gasteiger charge is 2.60. The molecule has 0 amide bonds. The van der Waals surface area contributed by atoms with Gasteiger partial charge in [-0.15, -0.1) is 0 Å². The highest BCUT2D eigenvalue weighted by molar-refractivity contribution is 6.01. The summed E-state index contributed by atoms with van der Waals surface area (Å²) in [5, 5.41) is 210. The van der Waals surface area contributed by atoms with Crippen LogP contribution < -0.4 is 0 Å². The number of H-pyrrole nitrogens is 4. The van der Waals surface area contributed by atoms with Gasteiger partial charge in [0, 0.05) is 92.1 Å². The Labute approximate surface area is 845 Å². The molecule has 44 nitrogen and oxygen atoms in total. The molecule has 0 radical (unpaired) electrons. The minimum atomic E-state index is -2.36. The summed E-state index contributed by atoms with van der Waals surface area (Å²) in [6.07, 6.45) is -59.3. The number of aliphatic carboxylic acids is 2. The number of ether oxygens (including phenoxy) is 14. The van der Waals surface area contributed by atoms with Gasteiger partial charge in [0.05, 0.1) is 72.0 Å². The third-order valence-corrected chi connectivity index (χ3v) is 29.6. The Morgan fingerprint density at radius 2 is 0.554 bits per heavy atom. The fourth-order valence-electron chi connectivity index (χ4n) is 20.9. The van der Waals surface area contributed by atoms with Crippen LogP contribution in [0.25, 0.3) is 101 Å². The highest BCUT2D eigenvalue weighted by atomic mass is 16.8. The van der Waals surface area contributed by atoms with Gasteiger partial charge in [-0.05, 0) is 196 Å². The van der Waals surface area contributed by atoms with Crippen molar-refractivity contribution in [3.05, 3.63) is 177 Å². The average Bonchev–Trinajstić information content (AvgIpc) is 1.17. The number of rotatable bonds is 24. The second-order valence-corrected chi connectivity index (χ2v) is 38.5. The Kier molecular flexibility index (Phi) is 32.8. The topological polar surface area (TPSA) is 676 Å². The zero-order chi connectivity index (χ0) is 106. The Hall–Kier alpha value is -11.1. The number of nitrogens with zero attached hydrogens (tertiary/aromatic N) is 4. The van der Waals surface area contributed by atoms with Crippen LogP contribution >= 0.6 is 0 Å². The molecule has 6 aromatic heterocycles. The van der Waals surface area contributed by atoms with Crippen LogP contribution in [-0.2, 0) is 98.3 Å². The molecule has 32 heterocycles. The van der Waals surface area contributed by atoms with E-state index in [9.17, 15) is 111 Å². The number of aliphatic hydroxyl groups is 16. The fourth-order valence-corrected chi connectivity index (χ4v) is 20.9. The van der Waals surface area contributed by atoms with Crippen molar-refractivity contribution in [3.8, 4) is 0 Å². The zero-order valence-corrected chi connectivity index (χ0v) is 82.2. The number of allylic oxidation sites excluding steroid dienone is 10. The summed E-state index contributed by atoms with van der Waals surface area (Å²) < 4.78 is 85.2. The molecule has 30 unspecified atom stereocenters. The van der Waals surface area contributed by atoms with Crippen molar-refractivity contribution in [2.24, 2.45) is 0 Å². The molecule has 44 heteroatoms. The van der Waals surface area contributed by atoms with Gasteiger partial charge in [-0.2, -0.15) is 0 Å². The lowest BCUT2D eigenvalue weighted by molar-refractivity contribution is -0.404. The summed E-state index contributed by atoms with van der Waals surface area (Å²) in [5.41, 5.74) is 20.5. The van der Waals surface area contributed by atoms with E-state index in [4.69, 9.17) is 86.3 Å². The number of fused-ring (bicyclic) bond motifs is 16. The first-order chi connectivity index (χ1) is 70.7. The van der Waals surface area contributed by atoms with Gasteiger partial charge in [0.15, 0.2) is 37.7 Å². The number of carbonyl (C=O) groups excluding carboxylic acids is 2. The molecular formula is C104H124N8O36. The SMILES string of the molecule is C=CC1=C(C)c2cc3[nH]c(cc4[nH]c(cc5nc(cc1n2)C(C)=C5C=C)c(C)c4CCC(=O)OCC1OC2OC4C(CO)OC(OC5C(CO)OC(OC6C(COC(=O)CCC7=C(C)c8cc9[nH]c(cc%10[nH]c(cc%11nc(cc7n8)C(CCC(=O)O)=C%11C)c(C=C)c%10C)c(C=C)c9C)OC(OC7C(CO)OC(OC8C(CO)OC(OC1C(O)C2O)C(O)C8O)C(O)C7O)C(O)C6O)C(O)C5O)C(O)C4O)c(CCC(=O)O)c3C. The first-order valence-corrected chi connectivity index (χ1v) is 48.7. The molecule has 0 aliphatic carbocycles. The molecule has 148 heavy (non-hydrogen) atoms. The van der Waals surface area contributed by atoms with Crippen LogP contribution in [0, 0.1) is 27.7 Å². The minimum Gasteiger partial charge on any atom is -0.481 e. The largest absolute Gasteiger partial charge is 0.481 e. The first kappa shape index (κ1) is 108. The maximum atomic E-state index is 14.7. The molecule has 0 spiro atoms. The number of hydrogen-bond donors (Lipinski definition) is 22. The quantitative estimate of drug-likeness (QED) is 0.0387. The molecule has 22 saturated heterocycles. The van der Waals surface area contributed by atoms with E-state index < -0.39 is 261 Å². The van der Waals surface area contributed by atoms with Gasteiger partial charge in [0.25, 0.3) is 0 Å². The van der Waals surface area contributed by atoms with E-state index in [0.29, 0.717) is 129 Å². The van der Waals surface area contributed by atoms with Gasteiger partial charge in [-0.1, -0.05) is 50.6 Å². The van der Waals surface area contributed by atoms with Crippen molar-refractivity contribution in [1.29, 1.82) is 0 Å². The predicted octanol–water partition coefficient (Wildman–Crippen LogP) is 2.91. The molecule has 6 aromatic rings. The normalized spacial score (nSPS) is 32.1. The Morgan fingerprint density at radius 3 is 0.905 bits per heavy atom. The summed E-state index contributed by atoms with van der Waals surface area (Å²) in [6, 6.07) is 14.7. The van der Waals surface area contributed by atoms with Crippen LogP contribution in [0.4, 0.5) is 0 Å². The zero-order valence-electron chi connectivity index (χ0n) is 82.2. The molecule has 32 rings (SSSR count). The second kappa shape index (κ2) is 44.8. The highest BCUT2D eigenvalue weighted by Crippen LogP contribution is 2.45. The van der Waals surface area contributed by atoms with Crippen LogP contribution in [0.2, 0.25) is 0 Å².